The summed E-state index contributed by atoms with van der Waals surface area (Å²) in [5.41, 5.74) is 2.00. The number of carbonyl (C=O) groups is 3. The van der Waals surface area contributed by atoms with E-state index in [1.165, 1.54) is 0 Å². The Labute approximate surface area is 183 Å². The summed E-state index contributed by atoms with van der Waals surface area (Å²) in [5, 5.41) is 2.49. The summed E-state index contributed by atoms with van der Waals surface area (Å²) in [7, 11) is 0. The van der Waals surface area contributed by atoms with E-state index in [0.29, 0.717) is 23.5 Å². The van der Waals surface area contributed by atoms with E-state index in [1.54, 1.807) is 36.4 Å². The first-order chi connectivity index (χ1) is 14.7. The van der Waals surface area contributed by atoms with Crippen molar-refractivity contribution in [2.75, 3.05) is 19.8 Å². The maximum atomic E-state index is 12.2. The van der Waals surface area contributed by atoms with Crippen molar-refractivity contribution < 1.29 is 23.9 Å². The van der Waals surface area contributed by atoms with Crippen LogP contribution in [0.4, 0.5) is 0 Å². The number of esters is 1. The molecule has 1 amide bonds. The van der Waals surface area contributed by atoms with Crippen LogP contribution in [0.2, 0.25) is 0 Å². The van der Waals surface area contributed by atoms with Gasteiger partial charge < -0.3 is 14.8 Å². The molecule has 0 unspecified atom stereocenters. The number of unbranched alkanes of at least 4 members (excludes halogenated alkanes) is 1. The minimum absolute atomic E-state index is 0.00531. The zero-order valence-electron chi connectivity index (χ0n) is 18.7. The van der Waals surface area contributed by atoms with E-state index in [2.05, 4.69) is 33.0 Å². The minimum Gasteiger partial charge on any atom is -0.494 e. The van der Waals surface area contributed by atoms with Gasteiger partial charge in [-0.05, 0) is 41.7 Å². The Balaban J connectivity index is 1.76. The second kappa shape index (κ2) is 11.3. The SMILES string of the molecule is CCCCOc1ccc(C(=O)NCC(=O)OCC(=O)c2ccc(C(C)(C)C)cc2)cc1. The number of ketones is 1. The van der Waals surface area contributed by atoms with Gasteiger partial charge in [-0.25, -0.2) is 0 Å². The first-order valence-electron chi connectivity index (χ1n) is 10.5. The van der Waals surface area contributed by atoms with Crippen LogP contribution in [-0.2, 0) is 14.9 Å². The second-order valence-electron chi connectivity index (χ2n) is 8.32. The highest BCUT2D eigenvalue weighted by molar-refractivity contribution is 5.98. The standard InChI is InChI=1S/C25H31NO5/c1-5-6-15-30-21-13-9-19(10-14-21)24(29)26-16-23(28)31-17-22(27)18-7-11-20(12-8-18)25(2,3)4/h7-14H,5-6,15-17H2,1-4H3,(H,26,29). The number of nitrogens with one attached hydrogen (secondary N) is 1. The number of ether oxygens (including phenoxy) is 2. The first kappa shape index (κ1) is 24.1. The van der Waals surface area contributed by atoms with Crippen molar-refractivity contribution in [1.29, 1.82) is 0 Å². The highest BCUT2D eigenvalue weighted by atomic mass is 16.5. The van der Waals surface area contributed by atoms with E-state index < -0.39 is 11.9 Å². The summed E-state index contributed by atoms with van der Waals surface area (Å²) in [6, 6.07) is 13.9. The largest absolute Gasteiger partial charge is 0.494 e. The molecule has 0 bridgehead atoms. The van der Waals surface area contributed by atoms with E-state index in [0.717, 1.165) is 18.4 Å². The summed E-state index contributed by atoms with van der Waals surface area (Å²) in [6.45, 7) is 8.31. The lowest BCUT2D eigenvalue weighted by atomic mass is 9.86. The Bertz CT molecular complexity index is 880. The van der Waals surface area contributed by atoms with Crippen LogP contribution in [0.1, 0.15) is 66.8 Å². The molecule has 0 fully saturated rings. The predicted octanol–water partition coefficient (Wildman–Crippen LogP) is 4.32. The van der Waals surface area contributed by atoms with Gasteiger partial charge in [0.25, 0.3) is 5.91 Å². The maximum Gasteiger partial charge on any atom is 0.325 e. The molecule has 0 aromatic heterocycles. The number of carbonyl (C=O) groups excluding carboxylic acids is 3. The second-order valence-corrected chi connectivity index (χ2v) is 8.32. The zero-order valence-corrected chi connectivity index (χ0v) is 18.7. The van der Waals surface area contributed by atoms with Gasteiger partial charge in [0.05, 0.1) is 6.61 Å². The van der Waals surface area contributed by atoms with E-state index in [4.69, 9.17) is 9.47 Å². The van der Waals surface area contributed by atoms with Crippen molar-refractivity contribution in [3.05, 3.63) is 65.2 Å². The molecule has 0 aliphatic heterocycles. The van der Waals surface area contributed by atoms with Gasteiger partial charge in [-0.3, -0.25) is 14.4 Å². The Kier molecular flexibility index (Phi) is 8.79. The molecule has 0 radical (unpaired) electrons. The van der Waals surface area contributed by atoms with E-state index >= 15 is 0 Å². The van der Waals surface area contributed by atoms with Crippen LogP contribution < -0.4 is 10.1 Å². The van der Waals surface area contributed by atoms with Gasteiger partial charge in [0, 0.05) is 11.1 Å². The molecular formula is C25H31NO5. The molecular weight excluding hydrogens is 394 g/mol. The number of Topliss-reactive ketones (excluding diaryl/α,β-unsaturated/α-hetero) is 1. The van der Waals surface area contributed by atoms with Gasteiger partial charge in [0.1, 0.15) is 12.3 Å². The summed E-state index contributed by atoms with van der Waals surface area (Å²) in [6.07, 6.45) is 2.01. The van der Waals surface area contributed by atoms with Gasteiger partial charge in [-0.2, -0.15) is 0 Å². The van der Waals surface area contributed by atoms with E-state index in [-0.39, 0.29) is 24.3 Å². The molecule has 0 spiro atoms. The molecule has 2 aromatic carbocycles. The number of rotatable bonds is 10. The van der Waals surface area contributed by atoms with Gasteiger partial charge in [0.15, 0.2) is 12.4 Å². The summed E-state index contributed by atoms with van der Waals surface area (Å²) >= 11 is 0. The lowest BCUT2D eigenvalue weighted by Gasteiger charge is -2.18. The van der Waals surface area contributed by atoms with Crippen LogP contribution in [0.25, 0.3) is 0 Å². The topological polar surface area (TPSA) is 81.7 Å². The predicted molar refractivity (Wildman–Crippen MR) is 120 cm³/mol. The monoisotopic (exact) mass is 425 g/mol. The molecule has 0 saturated heterocycles. The normalized spacial score (nSPS) is 11.0. The van der Waals surface area contributed by atoms with Crippen molar-refractivity contribution in [3.8, 4) is 5.75 Å². The molecule has 0 aliphatic rings. The quantitative estimate of drug-likeness (QED) is 0.348. The molecule has 0 saturated carbocycles. The molecule has 0 heterocycles. The lowest BCUT2D eigenvalue weighted by molar-refractivity contribution is -0.141. The van der Waals surface area contributed by atoms with Crippen LogP contribution in [0.15, 0.2) is 48.5 Å². The zero-order chi connectivity index (χ0) is 22.9. The van der Waals surface area contributed by atoms with Crippen LogP contribution in [0.5, 0.6) is 5.75 Å². The average Bonchev–Trinajstić information content (AvgIpc) is 2.76. The Morgan fingerprint density at radius 3 is 2.10 bits per heavy atom. The molecule has 6 heteroatoms. The molecule has 0 aliphatic carbocycles. The lowest BCUT2D eigenvalue weighted by Crippen LogP contribution is -2.31. The van der Waals surface area contributed by atoms with Crippen LogP contribution in [0.3, 0.4) is 0 Å². The van der Waals surface area contributed by atoms with Crippen molar-refractivity contribution in [1.82, 2.24) is 5.32 Å². The van der Waals surface area contributed by atoms with Crippen LogP contribution in [0, 0.1) is 0 Å². The van der Waals surface area contributed by atoms with Crippen molar-refractivity contribution in [2.24, 2.45) is 0 Å². The number of hydrogen-bond acceptors (Lipinski definition) is 5. The third-order valence-electron chi connectivity index (χ3n) is 4.71. The summed E-state index contributed by atoms with van der Waals surface area (Å²) in [4.78, 5) is 36.3. The van der Waals surface area contributed by atoms with Crippen LogP contribution >= 0.6 is 0 Å². The minimum atomic E-state index is -0.674. The molecule has 2 aromatic rings. The molecule has 166 valence electrons. The van der Waals surface area contributed by atoms with Crippen molar-refractivity contribution in [2.45, 2.75) is 46.0 Å². The third-order valence-corrected chi connectivity index (χ3v) is 4.71. The molecule has 31 heavy (non-hydrogen) atoms. The fraction of sp³-hybridized carbons (Fsp3) is 0.400. The van der Waals surface area contributed by atoms with Gasteiger partial charge in [-0.15, -0.1) is 0 Å². The highest BCUT2D eigenvalue weighted by Crippen LogP contribution is 2.22. The fourth-order valence-corrected chi connectivity index (χ4v) is 2.73. The van der Waals surface area contributed by atoms with Crippen LogP contribution in [-0.4, -0.2) is 37.4 Å². The fourth-order valence-electron chi connectivity index (χ4n) is 2.73. The van der Waals surface area contributed by atoms with E-state index in [9.17, 15) is 14.4 Å². The third kappa shape index (κ3) is 7.89. The molecule has 1 N–H and O–H groups in total. The van der Waals surface area contributed by atoms with Gasteiger partial charge in [-0.1, -0.05) is 58.4 Å². The van der Waals surface area contributed by atoms with Crippen molar-refractivity contribution >= 4 is 17.7 Å². The number of benzene rings is 2. The smallest absolute Gasteiger partial charge is 0.325 e. The number of amides is 1. The summed E-state index contributed by atoms with van der Waals surface area (Å²) in [5.74, 6) is -0.675. The highest BCUT2D eigenvalue weighted by Gasteiger charge is 2.15. The van der Waals surface area contributed by atoms with Gasteiger partial charge in [0.2, 0.25) is 0 Å². The Hall–Kier alpha value is -3.15. The molecule has 6 nitrogen and oxygen atoms in total. The Morgan fingerprint density at radius 2 is 1.52 bits per heavy atom. The molecule has 2 rings (SSSR count). The molecule has 0 atom stereocenters. The van der Waals surface area contributed by atoms with Gasteiger partial charge >= 0.3 is 5.97 Å². The summed E-state index contributed by atoms with van der Waals surface area (Å²) < 4.78 is 10.5. The number of hydrogen-bond donors (Lipinski definition) is 1. The first-order valence-corrected chi connectivity index (χ1v) is 10.5. The van der Waals surface area contributed by atoms with E-state index in [1.807, 2.05) is 12.1 Å². The average molecular weight is 426 g/mol. The Morgan fingerprint density at radius 1 is 0.903 bits per heavy atom. The van der Waals surface area contributed by atoms with Crippen molar-refractivity contribution in [3.63, 3.8) is 0 Å². The maximum absolute atomic E-state index is 12.2.